The Bertz CT molecular complexity index is 680. The van der Waals surface area contributed by atoms with Crippen LogP contribution in [0.2, 0.25) is 0 Å². The molecule has 0 bridgehead atoms. The van der Waals surface area contributed by atoms with Crippen LogP contribution >= 0.6 is 0 Å². The SMILES string of the molecule is O=[N+]([O-])c1c2ccccc2cc2ccccc12. The van der Waals surface area contributed by atoms with Gasteiger partial charge in [0.05, 0.1) is 15.7 Å². The van der Waals surface area contributed by atoms with Gasteiger partial charge in [-0.15, -0.1) is 0 Å². The zero-order chi connectivity index (χ0) is 11.8. The Morgan fingerprint density at radius 1 is 0.824 bits per heavy atom. The summed E-state index contributed by atoms with van der Waals surface area (Å²) in [6, 6.07) is 16.8. The van der Waals surface area contributed by atoms with Crippen molar-refractivity contribution in [3.8, 4) is 0 Å². The number of hydrogen-bond acceptors (Lipinski definition) is 2. The van der Waals surface area contributed by atoms with Crippen molar-refractivity contribution in [3.63, 3.8) is 0 Å². The third-order valence-electron chi connectivity index (χ3n) is 2.93. The van der Waals surface area contributed by atoms with E-state index < -0.39 is 0 Å². The second-order valence-corrected chi connectivity index (χ2v) is 3.92. The molecule has 0 aliphatic carbocycles. The number of benzene rings is 3. The van der Waals surface area contributed by atoms with Crippen molar-refractivity contribution in [2.45, 2.75) is 0 Å². The summed E-state index contributed by atoms with van der Waals surface area (Å²) < 4.78 is 0. The van der Waals surface area contributed by atoms with Gasteiger partial charge in [0.2, 0.25) is 0 Å². The van der Waals surface area contributed by atoms with Crippen molar-refractivity contribution in [2.24, 2.45) is 0 Å². The first kappa shape index (κ1) is 9.78. The molecule has 0 saturated heterocycles. The van der Waals surface area contributed by atoms with E-state index >= 15 is 0 Å². The molecule has 0 saturated carbocycles. The molecule has 3 rings (SSSR count). The lowest BCUT2D eigenvalue weighted by Gasteiger charge is -2.04. The minimum Gasteiger partial charge on any atom is -0.258 e. The Kier molecular flexibility index (Phi) is 2.05. The normalized spacial score (nSPS) is 10.8. The van der Waals surface area contributed by atoms with E-state index in [9.17, 15) is 10.1 Å². The maximum atomic E-state index is 11.2. The molecule has 0 amide bonds. The molecule has 0 heterocycles. The third-order valence-corrected chi connectivity index (χ3v) is 2.93. The molecule has 3 nitrogen and oxygen atoms in total. The van der Waals surface area contributed by atoms with E-state index in [1.165, 1.54) is 0 Å². The Morgan fingerprint density at radius 3 is 1.76 bits per heavy atom. The number of fused-ring (bicyclic) bond motifs is 2. The van der Waals surface area contributed by atoms with E-state index in [2.05, 4.69) is 0 Å². The fraction of sp³-hybridized carbons (Fsp3) is 0. The van der Waals surface area contributed by atoms with Gasteiger partial charge in [-0.25, -0.2) is 0 Å². The molecule has 3 heteroatoms. The molecule has 17 heavy (non-hydrogen) atoms. The summed E-state index contributed by atoms with van der Waals surface area (Å²) in [5.41, 5.74) is 0.193. The van der Waals surface area contributed by atoms with E-state index in [1.807, 2.05) is 42.5 Å². The Morgan fingerprint density at radius 2 is 1.29 bits per heavy atom. The highest BCUT2D eigenvalue weighted by molar-refractivity contribution is 6.07. The molecule has 0 fully saturated rings. The molecular formula is C14H9NO2. The van der Waals surface area contributed by atoms with E-state index in [0.717, 1.165) is 10.8 Å². The number of hydrogen-bond donors (Lipinski definition) is 0. The summed E-state index contributed by atoms with van der Waals surface area (Å²) >= 11 is 0. The summed E-state index contributed by atoms with van der Waals surface area (Å²) in [6.07, 6.45) is 0. The quantitative estimate of drug-likeness (QED) is 0.356. The fourth-order valence-electron chi connectivity index (χ4n) is 2.19. The third kappa shape index (κ3) is 1.44. The predicted octanol–water partition coefficient (Wildman–Crippen LogP) is 3.90. The van der Waals surface area contributed by atoms with E-state index in [0.29, 0.717) is 10.8 Å². The second kappa shape index (κ2) is 3.56. The van der Waals surface area contributed by atoms with Gasteiger partial charge in [-0.2, -0.15) is 0 Å². The van der Waals surface area contributed by atoms with Crippen LogP contribution in [0.25, 0.3) is 21.5 Å². The summed E-state index contributed by atoms with van der Waals surface area (Å²) in [4.78, 5) is 10.9. The number of rotatable bonds is 1. The van der Waals surface area contributed by atoms with Crippen molar-refractivity contribution < 1.29 is 4.92 Å². The minimum atomic E-state index is -0.301. The molecule has 0 atom stereocenters. The lowest BCUT2D eigenvalue weighted by atomic mass is 10.0. The van der Waals surface area contributed by atoms with E-state index in [-0.39, 0.29) is 10.6 Å². The van der Waals surface area contributed by atoms with Gasteiger partial charge in [0.1, 0.15) is 0 Å². The predicted molar refractivity (Wildman–Crippen MR) is 68.1 cm³/mol. The van der Waals surface area contributed by atoms with Crippen LogP contribution in [-0.2, 0) is 0 Å². The highest BCUT2D eigenvalue weighted by Gasteiger charge is 2.16. The van der Waals surface area contributed by atoms with Crippen LogP contribution in [0.5, 0.6) is 0 Å². The average Bonchev–Trinajstić information content (AvgIpc) is 2.35. The highest BCUT2D eigenvalue weighted by Crippen LogP contribution is 2.33. The molecule has 0 aliphatic heterocycles. The number of nitro benzene ring substituents is 1. The summed E-state index contributed by atoms with van der Waals surface area (Å²) in [5.74, 6) is 0. The Hall–Kier alpha value is -2.42. The summed E-state index contributed by atoms with van der Waals surface area (Å²) in [6.45, 7) is 0. The van der Waals surface area contributed by atoms with Gasteiger partial charge in [0, 0.05) is 0 Å². The molecule has 0 unspecified atom stereocenters. The first-order valence-corrected chi connectivity index (χ1v) is 5.32. The molecule has 3 aromatic carbocycles. The van der Waals surface area contributed by atoms with Crippen LogP contribution in [0.3, 0.4) is 0 Å². The number of non-ortho nitro benzene ring substituents is 1. The molecule has 0 spiro atoms. The monoisotopic (exact) mass is 223 g/mol. The summed E-state index contributed by atoms with van der Waals surface area (Å²) in [5, 5.41) is 14.4. The minimum absolute atomic E-state index is 0.193. The van der Waals surface area contributed by atoms with Crippen molar-refractivity contribution in [3.05, 3.63) is 64.7 Å². The molecule has 0 radical (unpaired) electrons. The van der Waals surface area contributed by atoms with Crippen LogP contribution in [0.15, 0.2) is 54.6 Å². The fourth-order valence-corrected chi connectivity index (χ4v) is 2.19. The molecule has 0 N–H and O–H groups in total. The smallest absolute Gasteiger partial charge is 0.258 e. The van der Waals surface area contributed by atoms with Crippen molar-refractivity contribution in [1.82, 2.24) is 0 Å². The largest absolute Gasteiger partial charge is 0.284 e. The maximum absolute atomic E-state index is 11.2. The molecule has 82 valence electrons. The molecule has 3 aromatic rings. The average molecular weight is 223 g/mol. The Balaban J connectivity index is 2.61. The Labute approximate surface area is 97.4 Å². The zero-order valence-corrected chi connectivity index (χ0v) is 8.96. The van der Waals surface area contributed by atoms with Crippen LogP contribution in [0, 0.1) is 10.1 Å². The van der Waals surface area contributed by atoms with Gasteiger partial charge < -0.3 is 0 Å². The standard InChI is InChI=1S/C14H9NO2/c16-15(17)14-12-7-3-1-5-10(12)9-11-6-2-4-8-13(11)14/h1-9H. The lowest BCUT2D eigenvalue weighted by Crippen LogP contribution is -1.91. The first-order chi connectivity index (χ1) is 8.27. The van der Waals surface area contributed by atoms with Crippen molar-refractivity contribution in [1.29, 1.82) is 0 Å². The van der Waals surface area contributed by atoms with Crippen molar-refractivity contribution >= 4 is 27.2 Å². The molecule has 0 aliphatic rings. The zero-order valence-electron chi connectivity index (χ0n) is 8.96. The van der Waals surface area contributed by atoms with Crippen molar-refractivity contribution in [2.75, 3.05) is 0 Å². The van der Waals surface area contributed by atoms with Crippen LogP contribution in [0.1, 0.15) is 0 Å². The number of nitrogens with zero attached hydrogens (tertiary/aromatic N) is 1. The van der Waals surface area contributed by atoms with Crippen LogP contribution in [0.4, 0.5) is 5.69 Å². The van der Waals surface area contributed by atoms with Gasteiger partial charge in [0.15, 0.2) is 0 Å². The van der Waals surface area contributed by atoms with E-state index in [4.69, 9.17) is 0 Å². The highest BCUT2D eigenvalue weighted by atomic mass is 16.6. The van der Waals surface area contributed by atoms with Gasteiger partial charge in [-0.05, 0) is 29.0 Å². The van der Waals surface area contributed by atoms with Gasteiger partial charge in [0.25, 0.3) is 5.69 Å². The van der Waals surface area contributed by atoms with Crippen LogP contribution < -0.4 is 0 Å². The van der Waals surface area contributed by atoms with Gasteiger partial charge in [-0.3, -0.25) is 10.1 Å². The second-order valence-electron chi connectivity index (χ2n) is 3.92. The molecular weight excluding hydrogens is 214 g/mol. The molecule has 0 aromatic heterocycles. The van der Waals surface area contributed by atoms with Gasteiger partial charge in [-0.1, -0.05) is 36.4 Å². The summed E-state index contributed by atoms with van der Waals surface area (Å²) in [7, 11) is 0. The van der Waals surface area contributed by atoms with Crippen LogP contribution in [-0.4, -0.2) is 4.92 Å². The van der Waals surface area contributed by atoms with E-state index in [1.54, 1.807) is 12.1 Å². The first-order valence-electron chi connectivity index (χ1n) is 5.32. The maximum Gasteiger partial charge on any atom is 0.284 e. The van der Waals surface area contributed by atoms with Gasteiger partial charge >= 0.3 is 0 Å². The topological polar surface area (TPSA) is 43.1 Å². The lowest BCUT2D eigenvalue weighted by molar-refractivity contribution is -0.381. The number of nitro groups is 1.